The van der Waals surface area contributed by atoms with E-state index in [4.69, 9.17) is 0 Å². The van der Waals surface area contributed by atoms with E-state index in [2.05, 4.69) is 6.58 Å². The third-order valence-electron chi connectivity index (χ3n) is 1.82. The molecule has 1 N–H and O–H groups in total. The Bertz CT molecular complexity index is 185. The molecule has 0 radical (unpaired) electrons. The van der Waals surface area contributed by atoms with Crippen LogP contribution in [0.4, 0.5) is 0 Å². The third kappa shape index (κ3) is 3.67. The summed E-state index contributed by atoms with van der Waals surface area (Å²) in [6.07, 6.45) is 1.78. The van der Waals surface area contributed by atoms with Crippen LogP contribution in [0.1, 0.15) is 34.1 Å². The molecular formula is C10H18O2. The second-order valence-corrected chi connectivity index (χ2v) is 4.34. The minimum absolute atomic E-state index is 0.0185. The normalized spacial score (nSPS) is 12.8. The molecule has 0 aliphatic carbocycles. The number of ketones is 1. The molecular weight excluding hydrogens is 152 g/mol. The number of hydrogen-bond donors (Lipinski definition) is 1. The van der Waals surface area contributed by atoms with Gasteiger partial charge in [-0.1, -0.05) is 6.08 Å². The highest BCUT2D eigenvalue weighted by atomic mass is 16.3. The van der Waals surface area contributed by atoms with Crippen LogP contribution in [-0.2, 0) is 4.79 Å². The molecule has 0 heterocycles. The Morgan fingerprint density at radius 1 is 1.42 bits per heavy atom. The molecule has 2 heteroatoms. The van der Waals surface area contributed by atoms with E-state index in [9.17, 15) is 9.90 Å². The Hall–Kier alpha value is -0.630. The highest BCUT2D eigenvalue weighted by Gasteiger charge is 2.28. The SMILES string of the molecule is C=CC(C)(C)C(=O)CC(C)(C)O. The van der Waals surface area contributed by atoms with E-state index >= 15 is 0 Å². The van der Waals surface area contributed by atoms with Crippen molar-refractivity contribution in [1.82, 2.24) is 0 Å². The molecule has 2 nitrogen and oxygen atoms in total. The molecule has 0 saturated heterocycles. The monoisotopic (exact) mass is 170 g/mol. The minimum atomic E-state index is -0.919. The van der Waals surface area contributed by atoms with Crippen LogP contribution in [0.15, 0.2) is 12.7 Å². The Morgan fingerprint density at radius 3 is 2.08 bits per heavy atom. The molecule has 0 bridgehead atoms. The fourth-order valence-corrected chi connectivity index (χ4v) is 0.735. The number of Topliss-reactive ketones (excluding diaryl/α,β-unsaturated/α-hetero) is 1. The van der Waals surface area contributed by atoms with Gasteiger partial charge in [-0.15, -0.1) is 6.58 Å². The molecule has 0 unspecified atom stereocenters. The summed E-state index contributed by atoms with van der Waals surface area (Å²) in [6, 6.07) is 0. The van der Waals surface area contributed by atoms with E-state index in [-0.39, 0.29) is 12.2 Å². The number of aliphatic hydroxyl groups is 1. The van der Waals surface area contributed by atoms with Crippen LogP contribution in [0.3, 0.4) is 0 Å². The number of carbonyl (C=O) groups is 1. The maximum Gasteiger partial charge on any atom is 0.145 e. The molecule has 0 aromatic carbocycles. The van der Waals surface area contributed by atoms with Gasteiger partial charge in [0.05, 0.1) is 5.60 Å². The van der Waals surface area contributed by atoms with Crippen molar-refractivity contribution in [2.24, 2.45) is 5.41 Å². The van der Waals surface area contributed by atoms with E-state index in [0.29, 0.717) is 0 Å². The molecule has 0 aliphatic rings. The van der Waals surface area contributed by atoms with E-state index < -0.39 is 11.0 Å². The fraction of sp³-hybridized carbons (Fsp3) is 0.700. The van der Waals surface area contributed by atoms with Gasteiger partial charge in [-0.2, -0.15) is 0 Å². The van der Waals surface area contributed by atoms with Crippen molar-refractivity contribution in [2.75, 3.05) is 0 Å². The summed E-state index contributed by atoms with van der Waals surface area (Å²) in [7, 11) is 0. The van der Waals surface area contributed by atoms with Crippen LogP contribution < -0.4 is 0 Å². The largest absolute Gasteiger partial charge is 0.390 e. The smallest absolute Gasteiger partial charge is 0.145 e. The quantitative estimate of drug-likeness (QED) is 0.654. The van der Waals surface area contributed by atoms with E-state index in [1.165, 1.54) is 0 Å². The lowest BCUT2D eigenvalue weighted by atomic mass is 9.83. The zero-order valence-corrected chi connectivity index (χ0v) is 8.35. The second-order valence-electron chi connectivity index (χ2n) is 4.34. The van der Waals surface area contributed by atoms with Crippen LogP contribution in [0.2, 0.25) is 0 Å². The van der Waals surface area contributed by atoms with Gasteiger partial charge in [-0.3, -0.25) is 4.79 Å². The lowest BCUT2D eigenvalue weighted by molar-refractivity contribution is -0.128. The lowest BCUT2D eigenvalue weighted by Gasteiger charge is -2.23. The summed E-state index contributed by atoms with van der Waals surface area (Å²) in [5, 5.41) is 9.39. The van der Waals surface area contributed by atoms with E-state index in [1.807, 2.05) is 0 Å². The van der Waals surface area contributed by atoms with Gasteiger partial charge in [0.2, 0.25) is 0 Å². The number of rotatable bonds is 4. The Kier molecular flexibility index (Phi) is 3.22. The number of allylic oxidation sites excluding steroid dienone is 1. The summed E-state index contributed by atoms with van der Waals surface area (Å²) in [5.41, 5.74) is -1.45. The van der Waals surface area contributed by atoms with Crippen LogP contribution in [0.5, 0.6) is 0 Å². The maximum absolute atomic E-state index is 11.5. The number of hydrogen-bond acceptors (Lipinski definition) is 2. The Labute approximate surface area is 74.3 Å². The molecule has 0 atom stereocenters. The molecule has 0 rings (SSSR count). The van der Waals surface area contributed by atoms with Gasteiger partial charge < -0.3 is 5.11 Å². The molecule has 0 aliphatic heterocycles. The first-order valence-electron chi connectivity index (χ1n) is 4.08. The summed E-state index contributed by atoms with van der Waals surface area (Å²) >= 11 is 0. The van der Waals surface area contributed by atoms with E-state index in [0.717, 1.165) is 0 Å². The predicted octanol–water partition coefficient (Wildman–Crippen LogP) is 1.93. The summed E-state index contributed by atoms with van der Waals surface area (Å²) in [4.78, 5) is 11.5. The van der Waals surface area contributed by atoms with Crippen molar-refractivity contribution in [3.8, 4) is 0 Å². The first-order chi connectivity index (χ1) is 5.19. The zero-order chi connectivity index (χ0) is 9.99. The first-order valence-corrected chi connectivity index (χ1v) is 4.08. The zero-order valence-electron chi connectivity index (χ0n) is 8.35. The molecule has 0 saturated carbocycles. The van der Waals surface area contributed by atoms with Gasteiger partial charge in [0, 0.05) is 11.8 Å². The minimum Gasteiger partial charge on any atom is -0.390 e. The molecule has 0 aromatic rings. The van der Waals surface area contributed by atoms with Crippen molar-refractivity contribution in [3.63, 3.8) is 0 Å². The van der Waals surface area contributed by atoms with Gasteiger partial charge in [-0.25, -0.2) is 0 Å². The predicted molar refractivity (Wildman–Crippen MR) is 49.9 cm³/mol. The van der Waals surface area contributed by atoms with E-state index in [1.54, 1.807) is 33.8 Å². The summed E-state index contributed by atoms with van der Waals surface area (Å²) < 4.78 is 0. The molecule has 70 valence electrons. The third-order valence-corrected chi connectivity index (χ3v) is 1.82. The fourth-order valence-electron chi connectivity index (χ4n) is 0.735. The van der Waals surface area contributed by atoms with Crippen LogP contribution in [0, 0.1) is 5.41 Å². The highest BCUT2D eigenvalue weighted by molar-refractivity contribution is 5.86. The Balaban J connectivity index is 4.33. The average molecular weight is 170 g/mol. The van der Waals surface area contributed by atoms with Crippen molar-refractivity contribution in [3.05, 3.63) is 12.7 Å². The maximum atomic E-state index is 11.5. The van der Waals surface area contributed by atoms with Gasteiger partial charge in [-0.05, 0) is 27.7 Å². The van der Waals surface area contributed by atoms with Gasteiger partial charge in [0.1, 0.15) is 5.78 Å². The topological polar surface area (TPSA) is 37.3 Å². The molecule has 12 heavy (non-hydrogen) atoms. The van der Waals surface area contributed by atoms with Crippen LogP contribution in [0.25, 0.3) is 0 Å². The second kappa shape index (κ2) is 3.40. The lowest BCUT2D eigenvalue weighted by Crippen LogP contribution is -2.31. The Morgan fingerprint density at radius 2 is 1.83 bits per heavy atom. The average Bonchev–Trinajstić information content (AvgIpc) is 1.84. The van der Waals surface area contributed by atoms with Crippen molar-refractivity contribution < 1.29 is 9.90 Å². The molecule has 0 spiro atoms. The van der Waals surface area contributed by atoms with Gasteiger partial charge in [0.15, 0.2) is 0 Å². The number of carbonyl (C=O) groups excluding carboxylic acids is 1. The molecule has 0 aromatic heterocycles. The first kappa shape index (κ1) is 11.4. The van der Waals surface area contributed by atoms with Gasteiger partial charge in [0.25, 0.3) is 0 Å². The van der Waals surface area contributed by atoms with Gasteiger partial charge >= 0.3 is 0 Å². The van der Waals surface area contributed by atoms with Crippen molar-refractivity contribution in [2.45, 2.75) is 39.7 Å². The van der Waals surface area contributed by atoms with Crippen molar-refractivity contribution >= 4 is 5.78 Å². The molecule has 0 fully saturated rings. The van der Waals surface area contributed by atoms with Crippen LogP contribution >= 0.6 is 0 Å². The van der Waals surface area contributed by atoms with Crippen LogP contribution in [-0.4, -0.2) is 16.5 Å². The molecule has 0 amide bonds. The summed E-state index contributed by atoms with van der Waals surface area (Å²) in [5.74, 6) is 0.0185. The standard InChI is InChI=1S/C10H18O2/c1-6-9(2,3)8(11)7-10(4,5)12/h6,12H,1,7H2,2-5H3. The summed E-state index contributed by atoms with van der Waals surface area (Å²) in [6.45, 7) is 10.4. The highest BCUT2D eigenvalue weighted by Crippen LogP contribution is 2.23. The van der Waals surface area contributed by atoms with Crippen molar-refractivity contribution in [1.29, 1.82) is 0 Å².